The number of Topliss-reactive ketones (excluding diaryl/α,β-unsaturated/α-hetero) is 1. The number of benzene rings is 1. The first-order valence-corrected chi connectivity index (χ1v) is 9.55. The van der Waals surface area contributed by atoms with Gasteiger partial charge in [0, 0.05) is 12.1 Å². The number of carbonyl (C=O) groups excluding carboxylic acids is 1. The maximum Gasteiger partial charge on any atom is 0.316 e. The molecule has 2 aromatic rings. The Morgan fingerprint density at radius 2 is 1.88 bits per heavy atom. The van der Waals surface area contributed by atoms with Gasteiger partial charge in [-0.05, 0) is 31.9 Å². The van der Waals surface area contributed by atoms with E-state index in [2.05, 4.69) is 9.97 Å². The zero-order chi connectivity index (χ0) is 18.7. The van der Waals surface area contributed by atoms with Crippen LogP contribution in [0.2, 0.25) is 0 Å². The van der Waals surface area contributed by atoms with Gasteiger partial charge in [0.05, 0.1) is 23.8 Å². The first-order valence-electron chi connectivity index (χ1n) is 8.11. The van der Waals surface area contributed by atoms with Gasteiger partial charge in [-0.3, -0.25) is 4.79 Å². The lowest BCUT2D eigenvalue weighted by molar-refractivity contribution is 0.101. The molecule has 1 unspecified atom stereocenters. The molecule has 0 spiro atoms. The van der Waals surface area contributed by atoms with Crippen molar-refractivity contribution < 1.29 is 22.3 Å². The number of hydrogen-bond acceptors (Lipinski definition) is 6. The largest absolute Gasteiger partial charge is 0.459 e. The van der Waals surface area contributed by atoms with Gasteiger partial charge >= 0.3 is 6.01 Å². The summed E-state index contributed by atoms with van der Waals surface area (Å²) in [6.07, 6.45) is 2.85. The second kappa shape index (κ2) is 7.46. The molecular formula is C17H18FN3O4S. The average Bonchev–Trinajstić information content (AvgIpc) is 2.64. The molecular weight excluding hydrogens is 361 g/mol. The lowest BCUT2D eigenvalue weighted by Gasteiger charge is -2.31. The van der Waals surface area contributed by atoms with Gasteiger partial charge in [0.15, 0.2) is 11.6 Å². The third-order valence-electron chi connectivity index (χ3n) is 4.11. The molecule has 1 aromatic heterocycles. The van der Waals surface area contributed by atoms with Crippen molar-refractivity contribution in [2.45, 2.75) is 30.8 Å². The maximum atomic E-state index is 12.9. The summed E-state index contributed by atoms with van der Waals surface area (Å²) < 4.78 is 45.4. The van der Waals surface area contributed by atoms with Gasteiger partial charge in [0.1, 0.15) is 6.10 Å². The third kappa shape index (κ3) is 4.05. The fraction of sp³-hybridized carbons (Fsp3) is 0.353. The van der Waals surface area contributed by atoms with E-state index in [4.69, 9.17) is 4.74 Å². The van der Waals surface area contributed by atoms with Crippen LogP contribution in [-0.2, 0) is 10.0 Å². The van der Waals surface area contributed by atoms with E-state index < -0.39 is 21.9 Å². The predicted octanol–water partition coefficient (Wildman–Crippen LogP) is 2.05. The molecule has 0 radical (unpaired) electrons. The second-order valence-corrected chi connectivity index (χ2v) is 7.95. The Kier molecular flexibility index (Phi) is 5.28. The summed E-state index contributed by atoms with van der Waals surface area (Å²) in [5.41, 5.74) is 0.456. The molecule has 0 N–H and O–H groups in total. The number of nitrogens with zero attached hydrogens (tertiary/aromatic N) is 3. The van der Waals surface area contributed by atoms with Crippen molar-refractivity contribution in [2.24, 2.45) is 0 Å². The van der Waals surface area contributed by atoms with Crippen molar-refractivity contribution in [3.63, 3.8) is 0 Å². The van der Waals surface area contributed by atoms with E-state index in [0.29, 0.717) is 24.9 Å². The molecule has 0 saturated carbocycles. The summed E-state index contributed by atoms with van der Waals surface area (Å²) in [4.78, 5) is 18.9. The maximum absolute atomic E-state index is 12.9. The van der Waals surface area contributed by atoms with Gasteiger partial charge in [0.2, 0.25) is 10.0 Å². The molecule has 1 saturated heterocycles. The Morgan fingerprint density at radius 1 is 1.23 bits per heavy atom. The highest BCUT2D eigenvalue weighted by Crippen LogP contribution is 2.23. The van der Waals surface area contributed by atoms with Gasteiger partial charge in [-0.15, -0.1) is 0 Å². The minimum absolute atomic E-state index is 0.0152. The fourth-order valence-electron chi connectivity index (χ4n) is 2.74. The van der Waals surface area contributed by atoms with E-state index in [-0.39, 0.29) is 23.2 Å². The van der Waals surface area contributed by atoms with E-state index in [1.807, 2.05) is 0 Å². The number of carbonyl (C=O) groups is 1. The molecule has 1 aliphatic heterocycles. The average molecular weight is 379 g/mol. The standard InChI is InChI=1S/C17H18FN3O4S/c1-12(22)13-4-6-16(7-5-13)26(23,24)21-8-2-3-15(11-21)25-17-19-9-14(18)10-20-17/h4-7,9-10,15H,2-3,8,11H2,1H3. The SMILES string of the molecule is CC(=O)c1ccc(S(=O)(=O)N2CCCC(Oc3ncc(F)cn3)C2)cc1. The van der Waals surface area contributed by atoms with Crippen LogP contribution in [0.4, 0.5) is 4.39 Å². The Bertz CT molecular complexity index is 885. The van der Waals surface area contributed by atoms with Crippen LogP contribution in [0, 0.1) is 5.82 Å². The highest BCUT2D eigenvalue weighted by molar-refractivity contribution is 7.89. The first-order chi connectivity index (χ1) is 12.4. The lowest BCUT2D eigenvalue weighted by Crippen LogP contribution is -2.44. The molecule has 2 heterocycles. The van der Waals surface area contributed by atoms with Crippen molar-refractivity contribution in [2.75, 3.05) is 13.1 Å². The zero-order valence-corrected chi connectivity index (χ0v) is 14.9. The number of ether oxygens (including phenoxy) is 1. The van der Waals surface area contributed by atoms with Gasteiger partial charge < -0.3 is 4.74 Å². The van der Waals surface area contributed by atoms with E-state index >= 15 is 0 Å². The van der Waals surface area contributed by atoms with Crippen LogP contribution in [0.15, 0.2) is 41.6 Å². The van der Waals surface area contributed by atoms with Crippen molar-refractivity contribution in [1.29, 1.82) is 0 Å². The van der Waals surface area contributed by atoms with Gasteiger partial charge in [0.25, 0.3) is 0 Å². The molecule has 1 aliphatic rings. The summed E-state index contributed by atoms with van der Waals surface area (Å²) in [5.74, 6) is -0.695. The number of rotatable bonds is 5. The topological polar surface area (TPSA) is 89.5 Å². The van der Waals surface area contributed by atoms with Crippen LogP contribution in [0.25, 0.3) is 0 Å². The number of piperidine rings is 1. The summed E-state index contributed by atoms with van der Waals surface area (Å²) in [6.45, 7) is 1.95. The van der Waals surface area contributed by atoms with E-state index in [9.17, 15) is 17.6 Å². The number of aromatic nitrogens is 2. The predicted molar refractivity (Wildman–Crippen MR) is 90.8 cm³/mol. The molecule has 9 heteroatoms. The second-order valence-electron chi connectivity index (χ2n) is 6.01. The quantitative estimate of drug-likeness (QED) is 0.739. The monoisotopic (exact) mass is 379 g/mol. The summed E-state index contributed by atoms with van der Waals surface area (Å²) >= 11 is 0. The molecule has 26 heavy (non-hydrogen) atoms. The number of sulfonamides is 1. The molecule has 138 valence electrons. The Labute approximate surface area is 150 Å². The number of halogens is 1. The van der Waals surface area contributed by atoms with Crippen LogP contribution in [0.3, 0.4) is 0 Å². The molecule has 0 amide bonds. The minimum Gasteiger partial charge on any atom is -0.459 e. The van der Waals surface area contributed by atoms with E-state index in [1.165, 1.54) is 35.5 Å². The molecule has 1 fully saturated rings. The minimum atomic E-state index is -3.70. The van der Waals surface area contributed by atoms with Crippen LogP contribution in [0.5, 0.6) is 6.01 Å². The van der Waals surface area contributed by atoms with Crippen LogP contribution < -0.4 is 4.74 Å². The van der Waals surface area contributed by atoms with Crippen LogP contribution in [0.1, 0.15) is 30.1 Å². The highest BCUT2D eigenvalue weighted by atomic mass is 32.2. The Balaban J connectivity index is 1.73. The van der Waals surface area contributed by atoms with Crippen LogP contribution in [-0.4, -0.2) is 47.7 Å². The lowest BCUT2D eigenvalue weighted by atomic mass is 10.1. The zero-order valence-electron chi connectivity index (χ0n) is 14.1. The summed E-state index contributed by atoms with van der Waals surface area (Å²) in [7, 11) is -3.70. The number of hydrogen-bond donors (Lipinski definition) is 0. The molecule has 0 bridgehead atoms. The first kappa shape index (κ1) is 18.4. The molecule has 1 atom stereocenters. The van der Waals surface area contributed by atoms with Crippen molar-refractivity contribution in [1.82, 2.24) is 14.3 Å². The number of ketones is 1. The third-order valence-corrected chi connectivity index (χ3v) is 5.99. The van der Waals surface area contributed by atoms with Gasteiger partial charge in [-0.25, -0.2) is 22.8 Å². The Hall–Kier alpha value is -2.39. The van der Waals surface area contributed by atoms with Crippen molar-refractivity contribution in [3.05, 3.63) is 48.0 Å². The van der Waals surface area contributed by atoms with Crippen molar-refractivity contribution >= 4 is 15.8 Å². The summed E-state index contributed by atoms with van der Waals surface area (Å²) in [6, 6.07) is 5.87. The van der Waals surface area contributed by atoms with Crippen molar-refractivity contribution in [3.8, 4) is 6.01 Å². The summed E-state index contributed by atoms with van der Waals surface area (Å²) in [5, 5.41) is 0. The molecule has 7 nitrogen and oxygen atoms in total. The smallest absolute Gasteiger partial charge is 0.316 e. The highest BCUT2D eigenvalue weighted by Gasteiger charge is 2.31. The molecule has 3 rings (SSSR count). The van der Waals surface area contributed by atoms with E-state index in [1.54, 1.807) is 0 Å². The normalized spacial score (nSPS) is 18.5. The van der Waals surface area contributed by atoms with E-state index in [0.717, 1.165) is 12.4 Å². The molecule has 0 aliphatic carbocycles. The van der Waals surface area contributed by atoms with Gasteiger partial charge in [-0.2, -0.15) is 4.31 Å². The van der Waals surface area contributed by atoms with Gasteiger partial charge in [-0.1, -0.05) is 12.1 Å². The fourth-order valence-corrected chi connectivity index (χ4v) is 4.25. The molecule has 1 aromatic carbocycles. The Morgan fingerprint density at radius 3 is 2.50 bits per heavy atom. The van der Waals surface area contributed by atoms with Crippen LogP contribution >= 0.6 is 0 Å².